The average molecular weight is 449 g/mol. The van der Waals surface area contributed by atoms with Crippen LogP contribution >= 0.6 is 0 Å². The highest BCUT2D eigenvalue weighted by atomic mass is 16.5. The number of nitrogens with zero attached hydrogens (tertiary/aromatic N) is 2. The molecule has 6 nitrogen and oxygen atoms in total. The summed E-state index contributed by atoms with van der Waals surface area (Å²) >= 11 is 0. The monoisotopic (exact) mass is 448 g/mol. The molecule has 2 aromatic rings. The number of benzene rings is 2. The molecule has 0 aromatic heterocycles. The van der Waals surface area contributed by atoms with Gasteiger partial charge in [-0.2, -0.15) is 0 Å². The molecule has 0 saturated carbocycles. The summed E-state index contributed by atoms with van der Waals surface area (Å²) < 4.78 is 6.14. The zero-order chi connectivity index (χ0) is 23.0. The minimum atomic E-state index is 0.117. The van der Waals surface area contributed by atoms with E-state index in [1.165, 1.54) is 16.7 Å². The van der Waals surface area contributed by atoms with Crippen LogP contribution in [-0.4, -0.2) is 45.2 Å². The zero-order valence-corrected chi connectivity index (χ0v) is 19.8. The van der Waals surface area contributed by atoms with Gasteiger partial charge < -0.3 is 20.3 Å². The highest BCUT2D eigenvalue weighted by molar-refractivity contribution is 5.95. The predicted octanol–water partition coefficient (Wildman–Crippen LogP) is 4.00. The Labute approximate surface area is 197 Å². The maximum absolute atomic E-state index is 12.7. The molecule has 0 bridgehead atoms. The molecule has 6 heteroatoms. The van der Waals surface area contributed by atoms with Crippen LogP contribution in [0.15, 0.2) is 53.5 Å². The van der Waals surface area contributed by atoms with Crippen LogP contribution in [-0.2, 0) is 16.0 Å². The van der Waals surface area contributed by atoms with Gasteiger partial charge in [0.15, 0.2) is 5.96 Å². The molecule has 2 aliphatic heterocycles. The van der Waals surface area contributed by atoms with Crippen molar-refractivity contribution in [2.75, 3.05) is 38.2 Å². The summed E-state index contributed by atoms with van der Waals surface area (Å²) in [6, 6.07) is 16.9. The third-order valence-corrected chi connectivity index (χ3v) is 6.65. The summed E-state index contributed by atoms with van der Waals surface area (Å²) in [6.07, 6.45) is 4.59. The van der Waals surface area contributed by atoms with Crippen molar-refractivity contribution in [2.45, 2.75) is 45.1 Å². The molecule has 4 rings (SSSR count). The second kappa shape index (κ2) is 11.3. The number of anilines is 1. The molecule has 1 amide bonds. The predicted molar refractivity (Wildman–Crippen MR) is 134 cm³/mol. The van der Waals surface area contributed by atoms with Gasteiger partial charge in [0.05, 0.1) is 6.10 Å². The van der Waals surface area contributed by atoms with E-state index in [0.29, 0.717) is 18.9 Å². The fourth-order valence-electron chi connectivity index (χ4n) is 4.80. The van der Waals surface area contributed by atoms with Crippen molar-refractivity contribution in [2.24, 2.45) is 10.9 Å². The fraction of sp³-hybridized carbons (Fsp3) is 0.481. The van der Waals surface area contributed by atoms with Gasteiger partial charge in [-0.3, -0.25) is 9.79 Å². The van der Waals surface area contributed by atoms with E-state index in [1.54, 1.807) is 7.05 Å². The Hall–Kier alpha value is -2.86. The lowest BCUT2D eigenvalue weighted by Crippen LogP contribution is -2.42. The molecular formula is C27H36N4O2. The minimum Gasteiger partial charge on any atom is -0.373 e. The van der Waals surface area contributed by atoms with Gasteiger partial charge >= 0.3 is 0 Å². The highest BCUT2D eigenvalue weighted by Gasteiger charge is 2.27. The van der Waals surface area contributed by atoms with Crippen molar-refractivity contribution in [1.29, 1.82) is 0 Å². The topological polar surface area (TPSA) is 66.0 Å². The first-order valence-electron chi connectivity index (χ1n) is 12.2. The Bertz CT molecular complexity index is 957. The van der Waals surface area contributed by atoms with Gasteiger partial charge in [0.25, 0.3) is 0 Å². The second-order valence-corrected chi connectivity index (χ2v) is 9.01. The van der Waals surface area contributed by atoms with Crippen molar-refractivity contribution >= 4 is 17.6 Å². The van der Waals surface area contributed by atoms with Crippen molar-refractivity contribution in [3.63, 3.8) is 0 Å². The number of aryl methyl sites for hydroxylation is 1. The largest absolute Gasteiger partial charge is 0.373 e. The van der Waals surface area contributed by atoms with Gasteiger partial charge in [0.2, 0.25) is 5.91 Å². The van der Waals surface area contributed by atoms with E-state index in [4.69, 9.17) is 4.74 Å². The molecule has 0 radical (unpaired) electrons. The fourth-order valence-corrected chi connectivity index (χ4v) is 4.80. The second-order valence-electron chi connectivity index (χ2n) is 9.01. The molecule has 2 aromatic carbocycles. The average Bonchev–Trinajstić information content (AvgIpc) is 3.28. The number of ether oxygens (including phenoxy) is 1. The van der Waals surface area contributed by atoms with E-state index in [0.717, 1.165) is 57.0 Å². The normalized spacial score (nSPS) is 20.4. The number of hydrogen-bond donors (Lipinski definition) is 2. The van der Waals surface area contributed by atoms with E-state index < -0.39 is 0 Å². The summed E-state index contributed by atoms with van der Waals surface area (Å²) in [6.45, 7) is 5.24. The standard InChI is InChI=1S/C27H36N4O2/c1-20-11-13-22(14-12-20)26-23(8-6-18-33-26)19-30-27(28-2)29-16-5-10-25(32)31-17-15-21-7-3-4-9-24(21)31/h3-4,7,9,11-14,23,26H,5-6,8,10,15-19H2,1-2H3,(H2,28,29,30). The van der Waals surface area contributed by atoms with Gasteiger partial charge in [-0.25, -0.2) is 0 Å². The molecule has 2 heterocycles. The molecule has 0 spiro atoms. The number of para-hydroxylation sites is 1. The Balaban J connectivity index is 1.21. The number of carbonyl (C=O) groups excluding carboxylic acids is 1. The summed E-state index contributed by atoms with van der Waals surface area (Å²) in [5, 5.41) is 6.83. The molecule has 1 saturated heterocycles. The van der Waals surface area contributed by atoms with Crippen LogP contribution in [0.4, 0.5) is 5.69 Å². The molecule has 1 fully saturated rings. The minimum absolute atomic E-state index is 0.117. The molecule has 2 N–H and O–H groups in total. The molecule has 33 heavy (non-hydrogen) atoms. The van der Waals surface area contributed by atoms with Gasteiger partial charge in [-0.15, -0.1) is 0 Å². The third kappa shape index (κ3) is 5.93. The number of rotatable bonds is 7. The number of guanidine groups is 1. The van der Waals surface area contributed by atoms with Crippen LogP contribution in [0.5, 0.6) is 0 Å². The Morgan fingerprint density at radius 1 is 1.15 bits per heavy atom. The van der Waals surface area contributed by atoms with E-state index in [1.807, 2.05) is 23.1 Å². The summed E-state index contributed by atoms with van der Waals surface area (Å²) in [4.78, 5) is 19.0. The molecule has 2 aliphatic rings. The molecule has 176 valence electrons. The number of nitrogens with one attached hydrogen (secondary N) is 2. The number of carbonyl (C=O) groups is 1. The molecule has 0 aliphatic carbocycles. The van der Waals surface area contributed by atoms with E-state index >= 15 is 0 Å². The highest BCUT2D eigenvalue weighted by Crippen LogP contribution is 2.33. The molecule has 2 unspecified atom stereocenters. The number of hydrogen-bond acceptors (Lipinski definition) is 3. The van der Waals surface area contributed by atoms with Gasteiger partial charge in [-0.1, -0.05) is 48.0 Å². The summed E-state index contributed by atoms with van der Waals surface area (Å²) in [5.41, 5.74) is 4.85. The van der Waals surface area contributed by atoms with Gasteiger partial charge in [-0.05, 0) is 49.8 Å². The van der Waals surface area contributed by atoms with E-state index in [9.17, 15) is 4.79 Å². The van der Waals surface area contributed by atoms with Crippen LogP contribution in [0, 0.1) is 12.8 Å². The van der Waals surface area contributed by atoms with Crippen LogP contribution in [0.1, 0.15) is 48.5 Å². The van der Waals surface area contributed by atoms with Crippen LogP contribution in [0.2, 0.25) is 0 Å². The lowest BCUT2D eigenvalue weighted by atomic mass is 9.89. The first-order chi connectivity index (χ1) is 16.2. The Morgan fingerprint density at radius 3 is 2.79 bits per heavy atom. The smallest absolute Gasteiger partial charge is 0.227 e. The maximum atomic E-state index is 12.7. The van der Waals surface area contributed by atoms with Crippen LogP contribution in [0.25, 0.3) is 0 Å². The zero-order valence-electron chi connectivity index (χ0n) is 19.8. The number of amides is 1. The first kappa shape index (κ1) is 23.3. The summed E-state index contributed by atoms with van der Waals surface area (Å²) in [5.74, 6) is 1.38. The quantitative estimate of drug-likeness (QED) is 0.382. The van der Waals surface area contributed by atoms with Crippen LogP contribution < -0.4 is 15.5 Å². The lowest BCUT2D eigenvalue weighted by Gasteiger charge is -2.32. The molecular weight excluding hydrogens is 412 g/mol. The maximum Gasteiger partial charge on any atom is 0.227 e. The SMILES string of the molecule is CN=C(NCCCC(=O)N1CCc2ccccc21)NCC1CCCOC1c1ccc(C)cc1. The lowest BCUT2D eigenvalue weighted by molar-refractivity contribution is -0.118. The first-order valence-corrected chi connectivity index (χ1v) is 12.2. The van der Waals surface area contributed by atoms with E-state index in [2.05, 4.69) is 52.9 Å². The van der Waals surface area contributed by atoms with Crippen molar-refractivity contribution < 1.29 is 9.53 Å². The number of fused-ring (bicyclic) bond motifs is 1. The van der Waals surface area contributed by atoms with Crippen molar-refractivity contribution in [3.05, 3.63) is 65.2 Å². The van der Waals surface area contributed by atoms with E-state index in [-0.39, 0.29) is 12.0 Å². The molecule has 2 atom stereocenters. The van der Waals surface area contributed by atoms with Crippen molar-refractivity contribution in [1.82, 2.24) is 10.6 Å². The van der Waals surface area contributed by atoms with Crippen LogP contribution in [0.3, 0.4) is 0 Å². The Morgan fingerprint density at radius 2 is 1.97 bits per heavy atom. The summed E-state index contributed by atoms with van der Waals surface area (Å²) in [7, 11) is 1.79. The van der Waals surface area contributed by atoms with Crippen molar-refractivity contribution in [3.8, 4) is 0 Å². The number of aliphatic imine (C=N–C) groups is 1. The van der Waals surface area contributed by atoms with Gasteiger partial charge in [0.1, 0.15) is 0 Å². The van der Waals surface area contributed by atoms with Gasteiger partial charge in [0, 0.05) is 51.3 Å². The third-order valence-electron chi connectivity index (χ3n) is 6.65. The Kier molecular flexibility index (Phi) is 8.00.